The maximum atomic E-state index is 12.7. The molecule has 0 aliphatic rings. The number of sulfone groups is 1. The monoisotopic (exact) mass is 305 g/mol. The number of alkyl halides is 2. The number of hydrogen-bond acceptors (Lipinski definition) is 3. The first-order chi connectivity index (χ1) is 9.43. The predicted molar refractivity (Wildman–Crippen MR) is 76.9 cm³/mol. The van der Waals surface area contributed by atoms with E-state index in [9.17, 15) is 17.2 Å². The molecule has 1 rings (SSSR count). The molecule has 1 aromatic rings. The van der Waals surface area contributed by atoms with E-state index in [-0.39, 0.29) is 16.6 Å². The maximum Gasteiger partial charge on any atom is 0.341 e. The van der Waals surface area contributed by atoms with Crippen molar-refractivity contribution in [1.82, 2.24) is 0 Å². The Labute approximate surface area is 119 Å². The zero-order valence-electron chi connectivity index (χ0n) is 11.8. The summed E-state index contributed by atoms with van der Waals surface area (Å²) in [6, 6.07) is 5.93. The SMILES string of the molecule is CCCCC(CC)Nc1ccccc1S(=O)(=O)C(F)F. The number of para-hydroxylation sites is 1. The molecular weight excluding hydrogens is 284 g/mol. The first kappa shape index (κ1) is 16.9. The van der Waals surface area contributed by atoms with Crippen LogP contribution in [0.15, 0.2) is 29.2 Å². The fraction of sp³-hybridized carbons (Fsp3) is 0.571. The van der Waals surface area contributed by atoms with Gasteiger partial charge in [-0.3, -0.25) is 0 Å². The van der Waals surface area contributed by atoms with E-state index in [2.05, 4.69) is 12.2 Å². The molecule has 6 heteroatoms. The number of anilines is 1. The molecule has 0 radical (unpaired) electrons. The second-order valence-electron chi connectivity index (χ2n) is 4.69. The minimum atomic E-state index is -4.58. The van der Waals surface area contributed by atoms with Crippen molar-refractivity contribution >= 4 is 15.5 Å². The molecule has 20 heavy (non-hydrogen) atoms. The minimum absolute atomic E-state index is 0.0870. The lowest BCUT2D eigenvalue weighted by molar-refractivity contribution is 0.235. The van der Waals surface area contributed by atoms with E-state index in [0.717, 1.165) is 25.7 Å². The Morgan fingerprint density at radius 2 is 1.85 bits per heavy atom. The summed E-state index contributed by atoms with van der Waals surface area (Å²) in [6.07, 6.45) is 3.74. The summed E-state index contributed by atoms with van der Waals surface area (Å²) in [5.74, 6) is -3.40. The van der Waals surface area contributed by atoms with Gasteiger partial charge in [0.25, 0.3) is 0 Å². The van der Waals surface area contributed by atoms with Crippen LogP contribution in [0, 0.1) is 0 Å². The Morgan fingerprint density at radius 3 is 2.40 bits per heavy atom. The van der Waals surface area contributed by atoms with Gasteiger partial charge in [0.1, 0.15) is 0 Å². The van der Waals surface area contributed by atoms with Crippen LogP contribution in [0.2, 0.25) is 0 Å². The smallest absolute Gasteiger partial charge is 0.341 e. The van der Waals surface area contributed by atoms with Crippen LogP contribution in [0.4, 0.5) is 14.5 Å². The summed E-state index contributed by atoms with van der Waals surface area (Å²) in [5, 5.41) is 3.08. The van der Waals surface area contributed by atoms with Gasteiger partial charge in [-0.1, -0.05) is 38.8 Å². The highest BCUT2D eigenvalue weighted by Gasteiger charge is 2.29. The number of halogens is 2. The van der Waals surface area contributed by atoms with Gasteiger partial charge in [0, 0.05) is 6.04 Å². The van der Waals surface area contributed by atoms with Crippen LogP contribution in [0.1, 0.15) is 39.5 Å². The number of rotatable bonds is 8. The highest BCUT2D eigenvalue weighted by molar-refractivity contribution is 7.91. The minimum Gasteiger partial charge on any atom is -0.381 e. The summed E-state index contributed by atoms with van der Waals surface area (Å²) in [7, 11) is -4.58. The molecule has 1 N–H and O–H groups in total. The van der Waals surface area contributed by atoms with Crippen molar-refractivity contribution in [2.45, 2.75) is 56.2 Å². The van der Waals surface area contributed by atoms with E-state index in [1.165, 1.54) is 18.2 Å². The molecule has 1 unspecified atom stereocenters. The van der Waals surface area contributed by atoms with Gasteiger partial charge in [-0.25, -0.2) is 8.42 Å². The lowest BCUT2D eigenvalue weighted by Crippen LogP contribution is -2.21. The normalized spacial score (nSPS) is 13.4. The Hall–Kier alpha value is -1.17. The molecule has 0 fully saturated rings. The molecule has 0 saturated heterocycles. The highest BCUT2D eigenvalue weighted by atomic mass is 32.2. The molecule has 0 amide bonds. The van der Waals surface area contributed by atoms with Gasteiger partial charge in [0.15, 0.2) is 0 Å². The zero-order valence-corrected chi connectivity index (χ0v) is 12.6. The first-order valence-electron chi connectivity index (χ1n) is 6.81. The summed E-state index contributed by atoms with van der Waals surface area (Å²) in [4.78, 5) is -0.329. The Kier molecular flexibility index (Phi) is 6.39. The molecule has 0 bridgehead atoms. The van der Waals surface area contributed by atoms with Crippen molar-refractivity contribution in [3.63, 3.8) is 0 Å². The number of nitrogens with one attached hydrogen (secondary N) is 1. The van der Waals surface area contributed by atoms with Crippen molar-refractivity contribution in [2.24, 2.45) is 0 Å². The van der Waals surface area contributed by atoms with Crippen LogP contribution in [0.25, 0.3) is 0 Å². The molecule has 1 aromatic carbocycles. The molecule has 0 aliphatic carbocycles. The van der Waals surface area contributed by atoms with Crippen molar-refractivity contribution in [3.05, 3.63) is 24.3 Å². The first-order valence-corrected chi connectivity index (χ1v) is 8.35. The van der Waals surface area contributed by atoms with E-state index in [1.807, 2.05) is 6.92 Å². The van der Waals surface area contributed by atoms with Gasteiger partial charge in [-0.2, -0.15) is 8.78 Å². The van der Waals surface area contributed by atoms with Crippen molar-refractivity contribution in [1.29, 1.82) is 0 Å². The fourth-order valence-corrected chi connectivity index (χ4v) is 2.87. The van der Waals surface area contributed by atoms with Crippen LogP contribution in [-0.4, -0.2) is 20.2 Å². The van der Waals surface area contributed by atoms with E-state index < -0.39 is 15.6 Å². The van der Waals surface area contributed by atoms with Gasteiger partial charge >= 0.3 is 5.76 Å². The quantitative estimate of drug-likeness (QED) is 0.787. The third-order valence-corrected chi connectivity index (χ3v) is 4.62. The Balaban J connectivity index is 3.02. The lowest BCUT2D eigenvalue weighted by Gasteiger charge is -2.20. The molecule has 0 spiro atoms. The molecule has 0 aliphatic heterocycles. The molecule has 0 saturated carbocycles. The summed E-state index contributed by atoms with van der Waals surface area (Å²) in [5.41, 5.74) is 0.260. The average molecular weight is 305 g/mol. The number of unbranched alkanes of at least 4 members (excludes halogenated alkanes) is 1. The second kappa shape index (κ2) is 7.57. The van der Waals surface area contributed by atoms with Crippen LogP contribution < -0.4 is 5.32 Å². The summed E-state index contributed by atoms with van der Waals surface area (Å²) >= 11 is 0. The molecule has 1 atom stereocenters. The van der Waals surface area contributed by atoms with Crippen molar-refractivity contribution in [2.75, 3.05) is 5.32 Å². The Morgan fingerprint density at radius 1 is 1.20 bits per heavy atom. The van der Waals surface area contributed by atoms with E-state index >= 15 is 0 Å². The van der Waals surface area contributed by atoms with Gasteiger partial charge in [-0.15, -0.1) is 0 Å². The van der Waals surface area contributed by atoms with E-state index in [4.69, 9.17) is 0 Å². The van der Waals surface area contributed by atoms with Gasteiger partial charge in [0.2, 0.25) is 9.84 Å². The van der Waals surface area contributed by atoms with E-state index in [1.54, 1.807) is 6.07 Å². The molecule has 114 valence electrons. The molecule has 3 nitrogen and oxygen atoms in total. The average Bonchev–Trinajstić information content (AvgIpc) is 2.43. The van der Waals surface area contributed by atoms with Crippen LogP contribution in [0.3, 0.4) is 0 Å². The third-order valence-electron chi connectivity index (χ3n) is 3.19. The topological polar surface area (TPSA) is 46.2 Å². The second-order valence-corrected chi connectivity index (χ2v) is 6.58. The summed E-state index contributed by atoms with van der Waals surface area (Å²) in [6.45, 7) is 4.06. The van der Waals surface area contributed by atoms with Crippen molar-refractivity contribution < 1.29 is 17.2 Å². The van der Waals surface area contributed by atoms with Crippen LogP contribution >= 0.6 is 0 Å². The third kappa shape index (κ3) is 4.16. The number of benzene rings is 1. The zero-order chi connectivity index (χ0) is 15.2. The molecule has 0 heterocycles. The van der Waals surface area contributed by atoms with E-state index in [0.29, 0.717) is 0 Å². The lowest BCUT2D eigenvalue weighted by atomic mass is 10.1. The molecular formula is C14H21F2NO2S. The highest BCUT2D eigenvalue weighted by Crippen LogP contribution is 2.27. The standard InChI is InChI=1S/C14H21F2NO2S/c1-3-5-8-11(4-2)17-12-9-6-7-10-13(12)20(18,19)14(15)16/h6-7,9-11,14,17H,3-5,8H2,1-2H3. The maximum absolute atomic E-state index is 12.7. The van der Waals surface area contributed by atoms with Gasteiger partial charge in [0.05, 0.1) is 10.6 Å². The van der Waals surface area contributed by atoms with Crippen LogP contribution in [-0.2, 0) is 9.84 Å². The fourth-order valence-electron chi connectivity index (χ4n) is 1.98. The molecule has 0 aromatic heterocycles. The Bertz CT molecular complexity index is 518. The number of hydrogen-bond donors (Lipinski definition) is 1. The largest absolute Gasteiger partial charge is 0.381 e. The van der Waals surface area contributed by atoms with Crippen LogP contribution in [0.5, 0.6) is 0 Å². The van der Waals surface area contributed by atoms with Gasteiger partial charge < -0.3 is 5.32 Å². The van der Waals surface area contributed by atoms with Gasteiger partial charge in [-0.05, 0) is 25.0 Å². The predicted octanol–water partition coefficient (Wildman–Crippen LogP) is 4.06. The summed E-state index contributed by atoms with van der Waals surface area (Å²) < 4.78 is 48.7. The van der Waals surface area contributed by atoms with Crippen molar-refractivity contribution in [3.8, 4) is 0 Å².